The van der Waals surface area contributed by atoms with Crippen molar-refractivity contribution in [2.24, 2.45) is 0 Å². The predicted octanol–water partition coefficient (Wildman–Crippen LogP) is 1.91. The van der Waals surface area contributed by atoms with Gasteiger partial charge in [0.1, 0.15) is 5.75 Å². The first-order chi connectivity index (χ1) is 8.61. The normalized spacial score (nSPS) is 11.9. The molecule has 4 nitrogen and oxygen atoms in total. The molecular formula is C13H20N2O2S. The van der Waals surface area contributed by atoms with E-state index >= 15 is 0 Å². The quantitative estimate of drug-likeness (QED) is 0.741. The summed E-state index contributed by atoms with van der Waals surface area (Å²) >= 11 is 1.73. The van der Waals surface area contributed by atoms with E-state index in [1.807, 2.05) is 6.26 Å². The molecule has 0 aliphatic rings. The Hall–Kier alpha value is -1.36. The highest BCUT2D eigenvalue weighted by atomic mass is 32.2. The Kier molecular flexibility index (Phi) is 6.43. The number of rotatable bonds is 7. The predicted molar refractivity (Wildman–Crippen MR) is 77.0 cm³/mol. The van der Waals surface area contributed by atoms with Gasteiger partial charge in [-0.25, -0.2) is 0 Å². The second kappa shape index (κ2) is 7.87. The number of nitrogens with one attached hydrogen (secondary N) is 1. The number of carbonyl (C=O) groups is 1. The van der Waals surface area contributed by atoms with Gasteiger partial charge in [0, 0.05) is 17.5 Å². The number of amides is 1. The van der Waals surface area contributed by atoms with Crippen LogP contribution in [0.2, 0.25) is 0 Å². The zero-order valence-electron chi connectivity index (χ0n) is 10.8. The molecule has 1 rings (SSSR count). The lowest BCUT2D eigenvalue weighted by molar-refractivity contribution is -0.121. The van der Waals surface area contributed by atoms with Crippen LogP contribution in [0.1, 0.15) is 13.3 Å². The lowest BCUT2D eigenvalue weighted by Gasteiger charge is -2.10. The molecule has 1 amide bonds. The molecule has 18 heavy (non-hydrogen) atoms. The maximum atomic E-state index is 11.5. The van der Waals surface area contributed by atoms with Crippen LogP contribution in [0.15, 0.2) is 24.3 Å². The molecule has 100 valence electrons. The van der Waals surface area contributed by atoms with Crippen molar-refractivity contribution in [1.82, 2.24) is 5.32 Å². The van der Waals surface area contributed by atoms with Crippen molar-refractivity contribution in [2.45, 2.75) is 18.6 Å². The molecule has 0 spiro atoms. The van der Waals surface area contributed by atoms with E-state index in [2.05, 4.69) is 12.2 Å². The fourth-order valence-electron chi connectivity index (χ4n) is 1.25. The number of nitrogen functional groups attached to an aromatic ring is 1. The lowest BCUT2D eigenvalue weighted by Crippen LogP contribution is -2.30. The second-order valence-corrected chi connectivity index (χ2v) is 5.29. The number of carbonyl (C=O) groups excluding carboxylic acids is 1. The van der Waals surface area contributed by atoms with E-state index in [9.17, 15) is 4.79 Å². The van der Waals surface area contributed by atoms with Crippen LogP contribution in [-0.4, -0.2) is 30.6 Å². The molecule has 0 saturated carbocycles. The highest BCUT2D eigenvalue weighted by Crippen LogP contribution is 2.13. The highest BCUT2D eigenvalue weighted by Gasteiger charge is 2.04. The molecule has 1 atom stereocenters. The van der Waals surface area contributed by atoms with E-state index in [0.717, 1.165) is 5.75 Å². The van der Waals surface area contributed by atoms with Crippen molar-refractivity contribution >= 4 is 23.4 Å². The van der Waals surface area contributed by atoms with Crippen LogP contribution >= 0.6 is 11.8 Å². The third-order valence-electron chi connectivity index (χ3n) is 2.47. The lowest BCUT2D eigenvalue weighted by atomic mass is 10.3. The van der Waals surface area contributed by atoms with Gasteiger partial charge >= 0.3 is 0 Å². The molecule has 1 aromatic rings. The van der Waals surface area contributed by atoms with Gasteiger partial charge in [-0.1, -0.05) is 6.92 Å². The van der Waals surface area contributed by atoms with E-state index < -0.39 is 0 Å². The fraction of sp³-hybridized carbons (Fsp3) is 0.462. The molecule has 0 fully saturated rings. The van der Waals surface area contributed by atoms with E-state index in [-0.39, 0.29) is 5.91 Å². The molecule has 0 heterocycles. The minimum absolute atomic E-state index is 0.0198. The van der Waals surface area contributed by atoms with Crippen molar-refractivity contribution in [2.75, 3.05) is 25.1 Å². The van der Waals surface area contributed by atoms with Crippen LogP contribution in [0.5, 0.6) is 5.75 Å². The summed E-state index contributed by atoms with van der Waals surface area (Å²) in [6, 6.07) is 7.14. The van der Waals surface area contributed by atoms with Gasteiger partial charge in [-0.15, -0.1) is 0 Å². The molecule has 0 radical (unpaired) electrons. The van der Waals surface area contributed by atoms with E-state index in [4.69, 9.17) is 10.5 Å². The van der Waals surface area contributed by atoms with Crippen molar-refractivity contribution in [3.63, 3.8) is 0 Å². The van der Waals surface area contributed by atoms with Crippen molar-refractivity contribution in [1.29, 1.82) is 0 Å². The Balaban J connectivity index is 2.17. The van der Waals surface area contributed by atoms with Gasteiger partial charge in [0.05, 0.1) is 13.0 Å². The van der Waals surface area contributed by atoms with Crippen molar-refractivity contribution in [3.8, 4) is 5.75 Å². The van der Waals surface area contributed by atoms with Gasteiger partial charge in [-0.05, 0) is 30.5 Å². The molecule has 1 aromatic carbocycles. The number of nitrogens with two attached hydrogens (primary N) is 1. The van der Waals surface area contributed by atoms with E-state index in [0.29, 0.717) is 30.5 Å². The SMILES string of the molecule is CSC(C)CNC(=O)CCOc1ccc(N)cc1. The first-order valence-electron chi connectivity index (χ1n) is 5.89. The number of anilines is 1. The standard InChI is InChI=1S/C13H20N2O2S/c1-10(18-2)9-15-13(16)7-8-17-12-5-3-11(14)4-6-12/h3-6,10H,7-9,14H2,1-2H3,(H,15,16). The fourth-order valence-corrected chi connectivity index (χ4v) is 1.50. The average Bonchev–Trinajstić information content (AvgIpc) is 2.38. The number of thioether (sulfide) groups is 1. The van der Waals surface area contributed by atoms with Gasteiger partial charge in [0.15, 0.2) is 0 Å². The third-order valence-corrected chi connectivity index (χ3v) is 3.44. The maximum Gasteiger partial charge on any atom is 0.223 e. The van der Waals surface area contributed by atoms with Gasteiger partial charge in [-0.3, -0.25) is 4.79 Å². The Morgan fingerprint density at radius 2 is 2.11 bits per heavy atom. The van der Waals surface area contributed by atoms with Crippen LogP contribution in [0, 0.1) is 0 Å². The first kappa shape index (κ1) is 14.7. The first-order valence-corrected chi connectivity index (χ1v) is 7.18. The van der Waals surface area contributed by atoms with Crippen molar-refractivity contribution < 1.29 is 9.53 Å². The molecule has 5 heteroatoms. The zero-order chi connectivity index (χ0) is 13.4. The van der Waals surface area contributed by atoms with Crippen LogP contribution < -0.4 is 15.8 Å². The van der Waals surface area contributed by atoms with Gasteiger partial charge in [0.2, 0.25) is 5.91 Å². The minimum Gasteiger partial charge on any atom is -0.493 e. The Labute approximate surface area is 112 Å². The summed E-state index contributed by atoms with van der Waals surface area (Å²) in [4.78, 5) is 11.5. The van der Waals surface area contributed by atoms with Crippen LogP contribution in [0.4, 0.5) is 5.69 Å². The summed E-state index contributed by atoms with van der Waals surface area (Å²) in [6.07, 6.45) is 2.40. The van der Waals surface area contributed by atoms with Crippen LogP contribution in [0.3, 0.4) is 0 Å². The molecule has 0 saturated heterocycles. The summed E-state index contributed by atoms with van der Waals surface area (Å²) in [5.74, 6) is 0.751. The van der Waals surface area contributed by atoms with E-state index in [1.165, 1.54) is 0 Å². The monoisotopic (exact) mass is 268 g/mol. The molecule has 0 aliphatic heterocycles. The molecule has 3 N–H and O–H groups in total. The maximum absolute atomic E-state index is 11.5. The minimum atomic E-state index is 0.0198. The van der Waals surface area contributed by atoms with Gasteiger partial charge < -0.3 is 15.8 Å². The Morgan fingerprint density at radius 3 is 2.72 bits per heavy atom. The summed E-state index contributed by atoms with van der Waals surface area (Å²) in [5.41, 5.74) is 6.26. The summed E-state index contributed by atoms with van der Waals surface area (Å²) in [6.45, 7) is 3.15. The smallest absolute Gasteiger partial charge is 0.223 e. The molecule has 0 bridgehead atoms. The largest absolute Gasteiger partial charge is 0.493 e. The van der Waals surface area contributed by atoms with E-state index in [1.54, 1.807) is 36.0 Å². The summed E-state index contributed by atoms with van der Waals surface area (Å²) in [7, 11) is 0. The molecule has 0 aliphatic carbocycles. The summed E-state index contributed by atoms with van der Waals surface area (Å²) in [5, 5.41) is 3.31. The topological polar surface area (TPSA) is 64.3 Å². The molecular weight excluding hydrogens is 248 g/mol. The Morgan fingerprint density at radius 1 is 1.44 bits per heavy atom. The average molecular weight is 268 g/mol. The molecule has 1 unspecified atom stereocenters. The number of benzene rings is 1. The van der Waals surface area contributed by atoms with Gasteiger partial charge in [0.25, 0.3) is 0 Å². The van der Waals surface area contributed by atoms with Gasteiger partial charge in [-0.2, -0.15) is 11.8 Å². The number of hydrogen-bond acceptors (Lipinski definition) is 4. The third kappa shape index (κ3) is 5.82. The second-order valence-electron chi connectivity index (χ2n) is 4.02. The van der Waals surface area contributed by atoms with Crippen LogP contribution in [0.25, 0.3) is 0 Å². The molecule has 0 aromatic heterocycles. The summed E-state index contributed by atoms with van der Waals surface area (Å²) < 4.78 is 5.44. The highest BCUT2D eigenvalue weighted by molar-refractivity contribution is 7.99. The van der Waals surface area contributed by atoms with Crippen LogP contribution in [-0.2, 0) is 4.79 Å². The zero-order valence-corrected chi connectivity index (χ0v) is 11.6. The number of hydrogen-bond donors (Lipinski definition) is 2. The number of ether oxygens (including phenoxy) is 1. The van der Waals surface area contributed by atoms with Crippen molar-refractivity contribution in [3.05, 3.63) is 24.3 Å². The Bertz CT molecular complexity index is 368.